The van der Waals surface area contributed by atoms with Gasteiger partial charge in [-0.25, -0.2) is 0 Å². The van der Waals surface area contributed by atoms with Gasteiger partial charge in [0.1, 0.15) is 5.58 Å². The lowest BCUT2D eigenvalue weighted by Crippen LogP contribution is -2.07. The number of furan rings is 1. The Kier molecular flexibility index (Phi) is 2.68. The summed E-state index contributed by atoms with van der Waals surface area (Å²) in [7, 11) is 2.02. The van der Waals surface area contributed by atoms with Crippen LogP contribution in [0.2, 0.25) is 0 Å². The van der Waals surface area contributed by atoms with Crippen LogP contribution in [0.15, 0.2) is 77.2 Å². The van der Waals surface area contributed by atoms with E-state index in [0.29, 0.717) is 0 Å². The molecule has 0 aliphatic carbocycles. The normalized spacial score (nSPS) is 11.1. The Hall–Kier alpha value is -2.74. The van der Waals surface area contributed by atoms with Gasteiger partial charge in [-0.1, -0.05) is 54.6 Å². The number of fused-ring (bicyclic) bond motifs is 3. The molecule has 0 bridgehead atoms. The molecule has 4 aromatic rings. The second kappa shape index (κ2) is 4.67. The van der Waals surface area contributed by atoms with Crippen LogP contribution in [0.3, 0.4) is 0 Å². The van der Waals surface area contributed by atoms with E-state index < -0.39 is 0 Å². The summed E-state index contributed by atoms with van der Waals surface area (Å²) in [6.07, 6.45) is 0. The summed E-state index contributed by atoms with van der Waals surface area (Å²) in [5.74, 6) is 0.854. The predicted molar refractivity (Wildman–Crippen MR) is 88.2 cm³/mol. The van der Waals surface area contributed by atoms with Gasteiger partial charge in [0.2, 0.25) is 5.88 Å². The van der Waals surface area contributed by atoms with Crippen molar-refractivity contribution in [3.63, 3.8) is 0 Å². The number of benzene rings is 3. The van der Waals surface area contributed by atoms with Gasteiger partial charge in [0.25, 0.3) is 0 Å². The standard InChI is InChI=1S/C19H15NO/c1-20(16-8-3-2-4-9-16)18-13-15-12-11-14-7-5-6-10-17(14)19(15)21-18/h2-13H,1H3. The van der Waals surface area contributed by atoms with Crippen molar-refractivity contribution in [1.82, 2.24) is 0 Å². The average molecular weight is 273 g/mol. The van der Waals surface area contributed by atoms with E-state index in [1.165, 1.54) is 5.39 Å². The van der Waals surface area contributed by atoms with E-state index in [2.05, 4.69) is 47.4 Å². The van der Waals surface area contributed by atoms with Gasteiger partial charge >= 0.3 is 0 Å². The first-order chi connectivity index (χ1) is 10.3. The first-order valence-corrected chi connectivity index (χ1v) is 7.03. The summed E-state index contributed by atoms with van der Waals surface area (Å²) < 4.78 is 6.12. The van der Waals surface area contributed by atoms with Crippen LogP contribution in [0.1, 0.15) is 0 Å². The molecule has 2 heteroatoms. The Bertz CT molecular complexity index is 909. The van der Waals surface area contributed by atoms with Crippen LogP contribution in [-0.4, -0.2) is 7.05 Å². The zero-order valence-electron chi connectivity index (χ0n) is 11.8. The zero-order valence-corrected chi connectivity index (χ0v) is 11.8. The Labute approximate surface area is 123 Å². The van der Waals surface area contributed by atoms with Crippen molar-refractivity contribution in [1.29, 1.82) is 0 Å². The molecule has 0 aliphatic heterocycles. The number of rotatable bonds is 2. The van der Waals surface area contributed by atoms with Crippen molar-refractivity contribution in [2.45, 2.75) is 0 Å². The van der Waals surface area contributed by atoms with Gasteiger partial charge in [-0.2, -0.15) is 0 Å². The van der Waals surface area contributed by atoms with Gasteiger partial charge in [-0.3, -0.25) is 0 Å². The molecule has 0 aliphatic rings. The minimum Gasteiger partial charge on any atom is -0.440 e. The molecule has 0 N–H and O–H groups in total. The maximum atomic E-state index is 6.12. The quantitative estimate of drug-likeness (QED) is 0.489. The monoisotopic (exact) mass is 273 g/mol. The molecule has 0 atom stereocenters. The summed E-state index contributed by atoms with van der Waals surface area (Å²) >= 11 is 0. The molecule has 21 heavy (non-hydrogen) atoms. The highest BCUT2D eigenvalue weighted by Gasteiger charge is 2.11. The fourth-order valence-electron chi connectivity index (χ4n) is 2.70. The summed E-state index contributed by atoms with van der Waals surface area (Å²) in [5.41, 5.74) is 2.06. The van der Waals surface area contributed by atoms with E-state index in [9.17, 15) is 0 Å². The van der Waals surface area contributed by atoms with Gasteiger partial charge < -0.3 is 9.32 Å². The fraction of sp³-hybridized carbons (Fsp3) is 0.0526. The molecule has 102 valence electrons. The van der Waals surface area contributed by atoms with E-state index in [-0.39, 0.29) is 0 Å². The van der Waals surface area contributed by atoms with E-state index in [1.807, 2.05) is 37.4 Å². The first kappa shape index (κ1) is 12.0. The molecule has 0 fully saturated rings. The van der Waals surface area contributed by atoms with Crippen LogP contribution >= 0.6 is 0 Å². The Morgan fingerprint density at radius 1 is 0.762 bits per heavy atom. The molecule has 1 heterocycles. The van der Waals surface area contributed by atoms with Gasteiger partial charge in [-0.05, 0) is 17.5 Å². The molecule has 0 radical (unpaired) electrons. The van der Waals surface area contributed by atoms with Crippen molar-refractivity contribution < 1.29 is 4.42 Å². The molecule has 2 nitrogen and oxygen atoms in total. The average Bonchev–Trinajstić information content (AvgIpc) is 2.99. The van der Waals surface area contributed by atoms with Gasteiger partial charge in [-0.15, -0.1) is 0 Å². The van der Waals surface area contributed by atoms with Crippen LogP contribution in [0, 0.1) is 0 Å². The van der Waals surface area contributed by atoms with Crippen LogP contribution in [0.5, 0.6) is 0 Å². The van der Waals surface area contributed by atoms with Crippen molar-refractivity contribution in [3.8, 4) is 0 Å². The van der Waals surface area contributed by atoms with Crippen molar-refractivity contribution in [2.75, 3.05) is 11.9 Å². The number of anilines is 2. The summed E-state index contributed by atoms with van der Waals surface area (Å²) in [6.45, 7) is 0. The maximum absolute atomic E-state index is 6.12. The highest BCUT2D eigenvalue weighted by Crippen LogP contribution is 2.33. The molecule has 0 saturated carbocycles. The van der Waals surface area contributed by atoms with Gasteiger partial charge in [0.15, 0.2) is 0 Å². The molecule has 0 unspecified atom stereocenters. The summed E-state index contributed by atoms with van der Waals surface area (Å²) in [5, 5.41) is 3.49. The molecule has 0 spiro atoms. The number of hydrogen-bond donors (Lipinski definition) is 0. The second-order valence-electron chi connectivity index (χ2n) is 5.18. The summed E-state index contributed by atoms with van der Waals surface area (Å²) in [4.78, 5) is 2.06. The van der Waals surface area contributed by atoms with E-state index >= 15 is 0 Å². The molecule has 0 amide bonds. The second-order valence-corrected chi connectivity index (χ2v) is 5.18. The van der Waals surface area contributed by atoms with Gasteiger partial charge in [0.05, 0.1) is 0 Å². The van der Waals surface area contributed by atoms with Crippen LogP contribution in [0.25, 0.3) is 21.7 Å². The van der Waals surface area contributed by atoms with Crippen LogP contribution in [0.4, 0.5) is 11.6 Å². The minimum atomic E-state index is 0.854. The topological polar surface area (TPSA) is 16.4 Å². The van der Waals surface area contributed by atoms with Crippen LogP contribution < -0.4 is 4.90 Å². The molecular formula is C19H15NO. The summed E-state index contributed by atoms with van der Waals surface area (Å²) in [6, 6.07) is 24.9. The molecule has 0 saturated heterocycles. The Morgan fingerprint density at radius 2 is 1.48 bits per heavy atom. The number of hydrogen-bond acceptors (Lipinski definition) is 2. The maximum Gasteiger partial charge on any atom is 0.200 e. The lowest BCUT2D eigenvalue weighted by molar-refractivity contribution is 0.619. The third-order valence-corrected chi connectivity index (χ3v) is 3.87. The smallest absolute Gasteiger partial charge is 0.200 e. The lowest BCUT2D eigenvalue weighted by Gasteiger charge is -2.15. The molecule has 3 aromatic carbocycles. The highest BCUT2D eigenvalue weighted by molar-refractivity contribution is 6.05. The van der Waals surface area contributed by atoms with E-state index in [0.717, 1.165) is 27.9 Å². The molecule has 4 rings (SSSR count). The van der Waals surface area contributed by atoms with Crippen molar-refractivity contribution in [2.24, 2.45) is 0 Å². The number of para-hydroxylation sites is 1. The Morgan fingerprint density at radius 3 is 2.33 bits per heavy atom. The fourth-order valence-corrected chi connectivity index (χ4v) is 2.70. The molecule has 1 aromatic heterocycles. The lowest BCUT2D eigenvalue weighted by atomic mass is 10.1. The van der Waals surface area contributed by atoms with E-state index in [1.54, 1.807) is 0 Å². The van der Waals surface area contributed by atoms with Gasteiger partial charge in [0, 0.05) is 29.6 Å². The third-order valence-electron chi connectivity index (χ3n) is 3.87. The number of nitrogens with zero attached hydrogens (tertiary/aromatic N) is 1. The predicted octanol–water partition coefficient (Wildman–Crippen LogP) is 5.35. The van der Waals surface area contributed by atoms with Crippen molar-refractivity contribution >= 4 is 33.3 Å². The highest BCUT2D eigenvalue weighted by atomic mass is 16.4. The van der Waals surface area contributed by atoms with Crippen LogP contribution in [-0.2, 0) is 0 Å². The largest absolute Gasteiger partial charge is 0.440 e. The molecular weight excluding hydrogens is 258 g/mol. The minimum absolute atomic E-state index is 0.854. The third kappa shape index (κ3) is 1.96. The Balaban J connectivity index is 1.89. The first-order valence-electron chi connectivity index (χ1n) is 7.03. The SMILES string of the molecule is CN(c1ccccc1)c1cc2ccc3ccccc3c2o1. The van der Waals surface area contributed by atoms with E-state index in [4.69, 9.17) is 4.42 Å². The zero-order chi connectivity index (χ0) is 14.2. The van der Waals surface area contributed by atoms with Crippen molar-refractivity contribution in [3.05, 3.63) is 72.8 Å².